The number of amides is 1. The van der Waals surface area contributed by atoms with Gasteiger partial charge in [-0.25, -0.2) is 15.0 Å². The molecule has 0 radical (unpaired) electrons. The van der Waals surface area contributed by atoms with Crippen molar-refractivity contribution in [3.8, 4) is 0 Å². The minimum Gasteiger partial charge on any atom is -0.285 e. The topological polar surface area (TPSA) is 66.3 Å². The Hall–Kier alpha value is -1.49. The van der Waals surface area contributed by atoms with Crippen LogP contribution in [-0.4, -0.2) is 26.6 Å². The summed E-state index contributed by atoms with van der Waals surface area (Å²) in [5.41, 5.74) is 0. The number of aromatic nitrogens is 2. The summed E-state index contributed by atoms with van der Waals surface area (Å²) in [6, 6.07) is 1.24. The summed E-state index contributed by atoms with van der Waals surface area (Å²) in [5.74, 6) is 0.462. The molecule has 1 unspecified atom stereocenters. The molecule has 0 fully saturated rings. The standard InChI is InChI=1S/C9H13N3O2/c1-2-4-8(12(14)7-13)9-10-5-3-6-11-9/h3,5-8,14H,2,4H2,1H3. The lowest BCUT2D eigenvalue weighted by molar-refractivity contribution is -0.162. The zero-order valence-electron chi connectivity index (χ0n) is 8.00. The molecule has 0 aliphatic heterocycles. The third-order valence-corrected chi connectivity index (χ3v) is 1.87. The van der Waals surface area contributed by atoms with Crippen LogP contribution in [0.4, 0.5) is 0 Å². The first-order chi connectivity index (χ1) is 6.79. The summed E-state index contributed by atoms with van der Waals surface area (Å²) in [7, 11) is 0. The average molecular weight is 195 g/mol. The molecule has 1 amide bonds. The zero-order valence-corrected chi connectivity index (χ0v) is 8.00. The van der Waals surface area contributed by atoms with Crippen LogP contribution >= 0.6 is 0 Å². The van der Waals surface area contributed by atoms with E-state index in [4.69, 9.17) is 0 Å². The molecule has 0 saturated carbocycles. The molecule has 0 aliphatic rings. The Morgan fingerprint density at radius 1 is 1.57 bits per heavy atom. The highest BCUT2D eigenvalue weighted by Crippen LogP contribution is 2.18. The molecule has 1 heterocycles. The average Bonchev–Trinajstić information content (AvgIpc) is 2.26. The molecular weight excluding hydrogens is 182 g/mol. The predicted octanol–water partition coefficient (Wildman–Crippen LogP) is 1.17. The molecule has 0 bridgehead atoms. The summed E-state index contributed by atoms with van der Waals surface area (Å²) in [6.45, 7) is 1.97. The Morgan fingerprint density at radius 3 is 2.71 bits per heavy atom. The third kappa shape index (κ3) is 2.50. The first-order valence-electron chi connectivity index (χ1n) is 4.49. The van der Waals surface area contributed by atoms with Gasteiger partial charge in [-0.3, -0.25) is 10.0 Å². The van der Waals surface area contributed by atoms with Crippen LogP contribution in [0.5, 0.6) is 0 Å². The van der Waals surface area contributed by atoms with Crippen LogP contribution in [-0.2, 0) is 4.79 Å². The van der Waals surface area contributed by atoms with Gasteiger partial charge in [0.05, 0.1) is 0 Å². The lowest BCUT2D eigenvalue weighted by Crippen LogP contribution is -2.25. The largest absolute Gasteiger partial charge is 0.285 e. The van der Waals surface area contributed by atoms with Gasteiger partial charge in [-0.1, -0.05) is 13.3 Å². The van der Waals surface area contributed by atoms with Crippen molar-refractivity contribution >= 4 is 6.41 Å². The van der Waals surface area contributed by atoms with E-state index in [0.29, 0.717) is 23.7 Å². The number of carbonyl (C=O) groups excluding carboxylic acids is 1. The van der Waals surface area contributed by atoms with Gasteiger partial charge in [0.2, 0.25) is 6.41 Å². The second-order valence-electron chi connectivity index (χ2n) is 2.90. The van der Waals surface area contributed by atoms with E-state index >= 15 is 0 Å². The SMILES string of the molecule is CCCC(c1ncccn1)N(O)C=O. The number of hydrogen-bond donors (Lipinski definition) is 1. The molecular formula is C9H13N3O2. The van der Waals surface area contributed by atoms with Crippen molar-refractivity contribution in [2.24, 2.45) is 0 Å². The van der Waals surface area contributed by atoms with Crippen LogP contribution in [0.15, 0.2) is 18.5 Å². The van der Waals surface area contributed by atoms with Gasteiger partial charge in [-0.05, 0) is 12.5 Å². The van der Waals surface area contributed by atoms with Gasteiger partial charge in [-0.2, -0.15) is 0 Å². The van der Waals surface area contributed by atoms with Crippen molar-refractivity contribution in [2.45, 2.75) is 25.8 Å². The Bertz CT molecular complexity index is 279. The maximum absolute atomic E-state index is 10.4. The fraction of sp³-hybridized carbons (Fsp3) is 0.444. The monoisotopic (exact) mass is 195 g/mol. The van der Waals surface area contributed by atoms with Crippen molar-refractivity contribution in [2.75, 3.05) is 0 Å². The van der Waals surface area contributed by atoms with Crippen LogP contribution in [0.25, 0.3) is 0 Å². The lowest BCUT2D eigenvalue weighted by Gasteiger charge is -2.19. The maximum Gasteiger partial charge on any atom is 0.233 e. The van der Waals surface area contributed by atoms with Crippen molar-refractivity contribution in [3.63, 3.8) is 0 Å². The molecule has 0 aliphatic carbocycles. The van der Waals surface area contributed by atoms with E-state index < -0.39 is 6.04 Å². The number of carbonyl (C=O) groups is 1. The maximum atomic E-state index is 10.4. The van der Waals surface area contributed by atoms with E-state index in [1.54, 1.807) is 18.5 Å². The summed E-state index contributed by atoms with van der Waals surface area (Å²) in [4.78, 5) is 18.4. The van der Waals surface area contributed by atoms with Gasteiger partial charge in [0.1, 0.15) is 6.04 Å². The summed E-state index contributed by atoms with van der Waals surface area (Å²) in [5, 5.41) is 9.90. The number of rotatable bonds is 5. The molecule has 1 aromatic heterocycles. The fourth-order valence-corrected chi connectivity index (χ4v) is 1.21. The Balaban J connectivity index is 2.82. The predicted molar refractivity (Wildman–Crippen MR) is 49.4 cm³/mol. The van der Waals surface area contributed by atoms with Crippen LogP contribution in [0.1, 0.15) is 31.6 Å². The molecule has 5 heteroatoms. The Morgan fingerprint density at radius 2 is 2.21 bits per heavy atom. The second-order valence-corrected chi connectivity index (χ2v) is 2.90. The molecule has 1 N–H and O–H groups in total. The third-order valence-electron chi connectivity index (χ3n) is 1.87. The first-order valence-corrected chi connectivity index (χ1v) is 4.49. The van der Waals surface area contributed by atoms with E-state index in [0.717, 1.165) is 6.42 Å². The van der Waals surface area contributed by atoms with E-state index in [1.165, 1.54) is 0 Å². The van der Waals surface area contributed by atoms with E-state index in [2.05, 4.69) is 9.97 Å². The van der Waals surface area contributed by atoms with Gasteiger partial charge < -0.3 is 0 Å². The summed E-state index contributed by atoms with van der Waals surface area (Å²) in [6.07, 6.45) is 5.02. The summed E-state index contributed by atoms with van der Waals surface area (Å²) >= 11 is 0. The first kappa shape index (κ1) is 10.6. The Labute approximate surface area is 82.4 Å². The molecule has 0 aromatic carbocycles. The van der Waals surface area contributed by atoms with Gasteiger partial charge in [0.15, 0.2) is 5.82 Å². The highest BCUT2D eigenvalue weighted by atomic mass is 16.5. The van der Waals surface area contributed by atoms with Crippen molar-refractivity contribution in [1.82, 2.24) is 15.0 Å². The van der Waals surface area contributed by atoms with E-state index in [-0.39, 0.29) is 0 Å². The van der Waals surface area contributed by atoms with Gasteiger partial charge in [0, 0.05) is 12.4 Å². The number of hydroxylamine groups is 2. The van der Waals surface area contributed by atoms with Crippen LogP contribution in [0, 0.1) is 0 Å². The van der Waals surface area contributed by atoms with Gasteiger partial charge in [-0.15, -0.1) is 0 Å². The fourth-order valence-electron chi connectivity index (χ4n) is 1.21. The van der Waals surface area contributed by atoms with Crippen LogP contribution < -0.4 is 0 Å². The minimum atomic E-state index is -0.446. The Kier molecular flexibility index (Phi) is 4.00. The highest BCUT2D eigenvalue weighted by Gasteiger charge is 2.18. The van der Waals surface area contributed by atoms with Gasteiger partial charge >= 0.3 is 0 Å². The summed E-state index contributed by atoms with van der Waals surface area (Å²) < 4.78 is 0. The second kappa shape index (κ2) is 5.29. The zero-order chi connectivity index (χ0) is 10.4. The van der Waals surface area contributed by atoms with Crippen molar-refractivity contribution in [1.29, 1.82) is 0 Å². The molecule has 1 rings (SSSR count). The smallest absolute Gasteiger partial charge is 0.233 e. The molecule has 76 valence electrons. The van der Waals surface area contributed by atoms with Crippen LogP contribution in [0.3, 0.4) is 0 Å². The molecule has 0 saturated heterocycles. The molecule has 1 atom stereocenters. The molecule has 0 spiro atoms. The quantitative estimate of drug-likeness (QED) is 0.435. The van der Waals surface area contributed by atoms with E-state index in [1.807, 2.05) is 6.92 Å². The van der Waals surface area contributed by atoms with Gasteiger partial charge in [0.25, 0.3) is 0 Å². The molecule has 1 aromatic rings. The molecule has 14 heavy (non-hydrogen) atoms. The normalized spacial score (nSPS) is 12.1. The highest BCUT2D eigenvalue weighted by molar-refractivity contribution is 5.45. The number of nitrogens with zero attached hydrogens (tertiary/aromatic N) is 3. The van der Waals surface area contributed by atoms with E-state index in [9.17, 15) is 10.0 Å². The van der Waals surface area contributed by atoms with Crippen LogP contribution in [0.2, 0.25) is 0 Å². The number of hydrogen-bond acceptors (Lipinski definition) is 4. The lowest BCUT2D eigenvalue weighted by atomic mass is 10.1. The van der Waals surface area contributed by atoms with Crippen molar-refractivity contribution < 1.29 is 10.0 Å². The minimum absolute atomic E-state index is 0.372. The molecule has 5 nitrogen and oxygen atoms in total. The van der Waals surface area contributed by atoms with Crippen molar-refractivity contribution in [3.05, 3.63) is 24.3 Å².